The van der Waals surface area contributed by atoms with Crippen molar-refractivity contribution in [2.75, 3.05) is 62.3 Å². The molecule has 0 aliphatic carbocycles. The van der Waals surface area contributed by atoms with Gasteiger partial charge in [-0.15, -0.1) is 11.8 Å². The number of nitrogens with one attached hydrogen (secondary N) is 12. The number of carbonyl (C=O) groups excluding carboxylic acids is 10. The minimum Gasteiger partial charge on any atom is -0.481 e. The van der Waals surface area contributed by atoms with E-state index in [9.17, 15) is 78.2 Å². The maximum atomic E-state index is 14.1. The van der Waals surface area contributed by atoms with Crippen molar-refractivity contribution in [3.8, 4) is 0 Å². The summed E-state index contributed by atoms with van der Waals surface area (Å²) in [5.74, 6) is -13.2. The van der Waals surface area contributed by atoms with Crippen LogP contribution in [0.1, 0.15) is 124 Å². The van der Waals surface area contributed by atoms with E-state index in [0.717, 1.165) is 24.6 Å². The molecule has 0 bridgehead atoms. The van der Waals surface area contributed by atoms with E-state index in [2.05, 4.69) is 104 Å². The molecule has 1 fully saturated rings. The third-order valence-electron chi connectivity index (χ3n) is 15.6. The number of thiol groups is 2. The molecule has 10 amide bonds. The van der Waals surface area contributed by atoms with Gasteiger partial charge >= 0.3 is 11.9 Å². The maximum absolute atomic E-state index is 14.1. The monoisotopic (exact) mass is 1410 g/mol. The van der Waals surface area contributed by atoms with E-state index in [1.165, 1.54) is 0 Å². The Bertz CT molecular complexity index is 2810. The standard InChI is InChI=1S/C60H99N17O16S3/c1-35(76-92)59(3,4)67-26-21-37(22-27-68-60(5,6)36(2)77-93)20-25-64-47(79)19-12-18-46(78)63-23-11-10-16-40-52(85)73-43(31-94)55(88)71-39(17-13-24-65-58(61)62)51(84)66-30-48(80)70-42(29-50(82)83)54(87)74-44(32-95)56(89)72-41(28-38-14-8-7-9-15-38)53(86)75-45(57(90)91)33-96-34-49(81)69-40/h7-9,14-15,37,39-45,67-68,92-95H,10-13,16-34H2,1-6H3,(H,63,78)(H,64,79)(H,66,84)(H,69,81)(H,70,80)(H,71,88)(H,72,89)(H,73,85)(H,74,87)(H,75,86)(H,82,83)(H,90,91)(H4,61,62,65)/b76-35-,77-36+/t37?,39-,40+,41-,42-,43-,44-,45-/m0/s1. The van der Waals surface area contributed by atoms with Gasteiger partial charge < -0.3 is 95.9 Å². The second-order valence-electron chi connectivity index (χ2n) is 24.0. The highest BCUT2D eigenvalue weighted by molar-refractivity contribution is 8.00. The third kappa shape index (κ3) is 33.6. The Morgan fingerprint density at radius 3 is 1.61 bits per heavy atom. The molecule has 1 aliphatic heterocycles. The Balaban J connectivity index is 2.32. The molecule has 1 aromatic rings. The van der Waals surface area contributed by atoms with E-state index >= 15 is 0 Å². The number of guanidine groups is 1. The lowest BCUT2D eigenvalue weighted by Crippen LogP contribution is -2.59. The van der Waals surface area contributed by atoms with Gasteiger partial charge in [-0.3, -0.25) is 57.7 Å². The summed E-state index contributed by atoms with van der Waals surface area (Å²) in [4.78, 5) is 164. The number of aliphatic carboxylic acids is 2. The Hall–Kier alpha value is -7.96. The molecule has 1 heterocycles. The number of benzene rings is 1. The Morgan fingerprint density at radius 2 is 1.08 bits per heavy atom. The van der Waals surface area contributed by atoms with Crippen molar-refractivity contribution in [2.45, 2.75) is 178 Å². The molecular formula is C60H99N17O16S3. The summed E-state index contributed by atoms with van der Waals surface area (Å²) in [5.41, 5.74) is 11.4. The Morgan fingerprint density at radius 1 is 0.604 bits per heavy atom. The molecule has 36 heteroatoms. The summed E-state index contributed by atoms with van der Waals surface area (Å²) in [7, 11) is 0. The van der Waals surface area contributed by atoms with Crippen LogP contribution in [0, 0.1) is 5.92 Å². The van der Waals surface area contributed by atoms with Crippen LogP contribution in [0.3, 0.4) is 0 Å². The van der Waals surface area contributed by atoms with Crippen molar-refractivity contribution in [1.29, 1.82) is 0 Å². The van der Waals surface area contributed by atoms with Crippen molar-refractivity contribution in [3.63, 3.8) is 0 Å². The van der Waals surface area contributed by atoms with Gasteiger partial charge in [-0.05, 0) is 124 Å². The molecule has 1 saturated heterocycles. The summed E-state index contributed by atoms with van der Waals surface area (Å²) in [6.45, 7) is 11.9. The van der Waals surface area contributed by atoms with E-state index in [1.807, 2.05) is 27.7 Å². The molecule has 20 N–H and O–H groups in total. The van der Waals surface area contributed by atoms with Crippen LogP contribution in [0.4, 0.5) is 0 Å². The Kier molecular flexibility index (Phi) is 39.2. The first kappa shape index (κ1) is 84.1. The van der Waals surface area contributed by atoms with Gasteiger partial charge in [-0.1, -0.05) is 40.6 Å². The van der Waals surface area contributed by atoms with Crippen LogP contribution in [0.25, 0.3) is 0 Å². The summed E-state index contributed by atoms with van der Waals surface area (Å²) >= 11 is 9.20. The fourth-order valence-electron chi connectivity index (χ4n) is 9.27. The number of hydrogen-bond donors (Lipinski definition) is 20. The van der Waals surface area contributed by atoms with Gasteiger partial charge in [0.2, 0.25) is 59.1 Å². The zero-order chi connectivity index (χ0) is 72.0. The summed E-state index contributed by atoms with van der Waals surface area (Å²) < 4.78 is 0. The number of nitrogens with zero attached hydrogens (tertiary/aromatic N) is 3. The zero-order valence-corrected chi connectivity index (χ0v) is 57.9. The van der Waals surface area contributed by atoms with Crippen molar-refractivity contribution in [1.82, 2.24) is 63.8 Å². The first-order valence-corrected chi connectivity index (χ1v) is 33.9. The normalized spacial score (nSPS) is 21.0. The predicted molar refractivity (Wildman–Crippen MR) is 367 cm³/mol. The molecule has 8 atom stereocenters. The quantitative estimate of drug-likeness (QED) is 0.00883. The molecule has 538 valence electrons. The SMILES string of the molecule is C/C(=N/O)C(C)(C)NCCC(CCNC(=O)CCCC(=O)NCCCC[C@H]1NC(=O)CSC[C@@H](C(=O)O)NC(=O)[C@H](Cc2ccccc2)NC(=O)[C@H](CS)NC(=O)[C@H](CC(=O)O)NC(=O)CNC(=O)[C@H](CCCN=C(N)N)NC(=O)[C@H](CS)NC1=O)CCNC(C)(C)/C(C)=N/O. The van der Waals surface area contributed by atoms with Crippen LogP contribution in [0.15, 0.2) is 45.6 Å². The van der Waals surface area contributed by atoms with Crippen LogP contribution in [0.5, 0.6) is 0 Å². The van der Waals surface area contributed by atoms with E-state index in [0.29, 0.717) is 43.0 Å². The minimum absolute atomic E-state index is 0.0124. The highest BCUT2D eigenvalue weighted by Crippen LogP contribution is 2.17. The van der Waals surface area contributed by atoms with Crippen LogP contribution >= 0.6 is 37.0 Å². The largest absolute Gasteiger partial charge is 0.481 e. The topological polar surface area (TPSA) is 519 Å². The van der Waals surface area contributed by atoms with Crippen LogP contribution in [0.2, 0.25) is 0 Å². The van der Waals surface area contributed by atoms with Crippen LogP contribution in [-0.4, -0.2) is 225 Å². The molecule has 2 rings (SSSR count). The Labute approximate surface area is 574 Å². The smallest absolute Gasteiger partial charge is 0.327 e. The van der Waals surface area contributed by atoms with E-state index in [-0.39, 0.29) is 100 Å². The number of unbranched alkanes of at least 4 members (excludes halogenated alkanes) is 1. The lowest BCUT2D eigenvalue weighted by molar-refractivity contribution is -0.141. The number of thioether (sulfide) groups is 1. The number of oxime groups is 2. The number of nitrogens with two attached hydrogens (primary N) is 2. The number of carbonyl (C=O) groups is 12. The van der Waals surface area contributed by atoms with E-state index in [1.54, 1.807) is 44.2 Å². The number of amides is 10. The number of aliphatic imine (C=N–C) groups is 1. The van der Waals surface area contributed by atoms with Gasteiger partial charge in [0.05, 0.1) is 41.2 Å². The molecular weight excluding hydrogens is 1310 g/mol. The molecule has 1 unspecified atom stereocenters. The molecule has 0 radical (unpaired) electrons. The van der Waals surface area contributed by atoms with E-state index in [4.69, 9.17) is 11.5 Å². The number of carboxylic acid groups (broad SMARTS) is 2. The fraction of sp³-hybridized carbons (Fsp3) is 0.650. The lowest BCUT2D eigenvalue weighted by Gasteiger charge is -2.28. The lowest BCUT2D eigenvalue weighted by atomic mass is 9.94. The third-order valence-corrected chi connectivity index (χ3v) is 17.4. The fourth-order valence-corrected chi connectivity index (χ4v) is 10.6. The second kappa shape index (κ2) is 44.7. The molecule has 0 saturated carbocycles. The highest BCUT2D eigenvalue weighted by atomic mass is 32.2. The number of carboxylic acids is 2. The van der Waals surface area contributed by atoms with Gasteiger partial charge in [-0.25, -0.2) is 4.79 Å². The van der Waals surface area contributed by atoms with Gasteiger partial charge in [0.1, 0.15) is 42.3 Å². The maximum Gasteiger partial charge on any atom is 0.327 e. The first-order chi connectivity index (χ1) is 45.4. The zero-order valence-electron chi connectivity index (χ0n) is 55.3. The molecule has 0 spiro atoms. The average Bonchev–Trinajstić information content (AvgIpc) is 0.983. The van der Waals surface area contributed by atoms with Gasteiger partial charge in [-0.2, -0.15) is 25.3 Å². The second-order valence-corrected chi connectivity index (χ2v) is 25.7. The highest BCUT2D eigenvalue weighted by Gasteiger charge is 2.34. The van der Waals surface area contributed by atoms with Gasteiger partial charge in [0.25, 0.3) is 0 Å². The molecule has 1 aliphatic rings. The number of rotatable bonds is 33. The van der Waals surface area contributed by atoms with Gasteiger partial charge in [0.15, 0.2) is 5.96 Å². The molecule has 33 nitrogen and oxygen atoms in total. The predicted octanol–water partition coefficient (Wildman–Crippen LogP) is -2.25. The summed E-state index contributed by atoms with van der Waals surface area (Å²) in [6.07, 6.45) is 1.64. The van der Waals surface area contributed by atoms with Crippen molar-refractivity contribution >= 4 is 125 Å². The van der Waals surface area contributed by atoms with Crippen molar-refractivity contribution in [2.24, 2.45) is 32.7 Å². The van der Waals surface area contributed by atoms with Gasteiger partial charge in [0, 0.05) is 56.2 Å². The first-order valence-electron chi connectivity index (χ1n) is 31.5. The molecule has 0 aromatic heterocycles. The number of hydrogen-bond acceptors (Lipinski definition) is 22. The molecule has 96 heavy (non-hydrogen) atoms. The summed E-state index contributed by atoms with van der Waals surface area (Å²) in [6, 6.07) is -2.59. The van der Waals surface area contributed by atoms with Crippen LogP contribution in [-0.2, 0) is 64.0 Å². The van der Waals surface area contributed by atoms with Crippen molar-refractivity contribution < 1.29 is 78.2 Å². The molecule has 1 aromatic carbocycles. The van der Waals surface area contributed by atoms with E-state index < -0.39 is 143 Å². The average molecular weight is 1410 g/mol. The van der Waals surface area contributed by atoms with Crippen LogP contribution < -0.4 is 75.3 Å². The summed E-state index contributed by atoms with van der Waals surface area (Å²) in [5, 5.41) is 77.1. The van der Waals surface area contributed by atoms with Crippen molar-refractivity contribution in [3.05, 3.63) is 35.9 Å². The minimum atomic E-state index is -1.85.